The highest BCUT2D eigenvalue weighted by Gasteiger charge is 2.17. The van der Waals surface area contributed by atoms with Crippen LogP contribution in [0.5, 0.6) is 11.5 Å². The van der Waals surface area contributed by atoms with Gasteiger partial charge in [0, 0.05) is 6.07 Å². The number of nitrogens with one attached hydrogen (secondary N) is 2. The lowest BCUT2D eigenvalue weighted by Crippen LogP contribution is -2.07. The van der Waals surface area contributed by atoms with Crippen LogP contribution in [0, 0.1) is 18.3 Å². The van der Waals surface area contributed by atoms with Gasteiger partial charge >= 0.3 is 0 Å². The Morgan fingerprint density at radius 1 is 1.18 bits per heavy atom. The normalized spacial score (nSPS) is 10.4. The summed E-state index contributed by atoms with van der Waals surface area (Å²) in [6, 6.07) is 7.64. The van der Waals surface area contributed by atoms with Crippen molar-refractivity contribution < 1.29 is 9.47 Å². The fraction of sp³-hybridized carbons (Fsp3) is 0.263. The molecule has 2 aromatic heterocycles. The highest BCUT2D eigenvalue weighted by Crippen LogP contribution is 2.39. The Morgan fingerprint density at radius 2 is 2.00 bits per heavy atom. The van der Waals surface area contributed by atoms with Crippen LogP contribution in [0.2, 0.25) is 0 Å². The summed E-state index contributed by atoms with van der Waals surface area (Å²) in [5.41, 5.74) is 8.33. The van der Waals surface area contributed by atoms with Crippen molar-refractivity contribution in [2.75, 3.05) is 25.6 Å². The zero-order valence-corrected chi connectivity index (χ0v) is 15.7. The molecule has 0 fully saturated rings. The highest BCUT2D eigenvalue weighted by atomic mass is 16.5. The Labute approximate surface area is 162 Å². The minimum atomic E-state index is 0.247. The summed E-state index contributed by atoms with van der Waals surface area (Å²) in [5.74, 6) is 2.40. The third kappa shape index (κ3) is 4.36. The van der Waals surface area contributed by atoms with Crippen LogP contribution >= 0.6 is 0 Å². The van der Waals surface area contributed by atoms with Crippen molar-refractivity contribution in [3.8, 4) is 28.8 Å². The van der Waals surface area contributed by atoms with E-state index in [0.717, 1.165) is 23.2 Å². The van der Waals surface area contributed by atoms with Gasteiger partial charge < -0.3 is 20.5 Å². The number of anilines is 2. The lowest BCUT2D eigenvalue weighted by atomic mass is 10.1. The monoisotopic (exact) mass is 379 g/mol. The quantitative estimate of drug-likeness (QED) is 0.508. The zero-order chi connectivity index (χ0) is 19.9. The van der Waals surface area contributed by atoms with Crippen molar-refractivity contribution in [1.82, 2.24) is 20.2 Å². The molecule has 3 aromatic rings. The summed E-state index contributed by atoms with van der Waals surface area (Å²) >= 11 is 0. The van der Waals surface area contributed by atoms with Gasteiger partial charge in [-0.15, -0.1) is 0 Å². The first-order chi connectivity index (χ1) is 13.6. The van der Waals surface area contributed by atoms with Gasteiger partial charge in [-0.2, -0.15) is 10.4 Å². The number of methoxy groups -OCH3 is 1. The van der Waals surface area contributed by atoms with E-state index in [1.807, 2.05) is 31.2 Å². The van der Waals surface area contributed by atoms with Crippen LogP contribution in [-0.2, 0) is 0 Å². The standard InChI is InChI=1S/C19H21N7O2/c1-12-6-15(27-2)19(16(7-12)28-5-3-4-20)14-8-17(26-25-14)24-18-11-22-13(9-21)10-23-18/h6-8,10-11H,3-5,20H2,1-2H3,(H2,23,24,25,26). The fourth-order valence-electron chi connectivity index (χ4n) is 2.62. The number of H-pyrrole nitrogens is 1. The maximum absolute atomic E-state index is 8.80. The second-order valence-corrected chi connectivity index (χ2v) is 6.02. The molecule has 28 heavy (non-hydrogen) atoms. The van der Waals surface area contributed by atoms with E-state index in [1.165, 1.54) is 12.4 Å². The molecule has 0 unspecified atom stereocenters. The van der Waals surface area contributed by atoms with E-state index < -0.39 is 0 Å². The highest BCUT2D eigenvalue weighted by molar-refractivity contribution is 5.77. The van der Waals surface area contributed by atoms with Gasteiger partial charge in [-0.05, 0) is 37.6 Å². The number of aromatic nitrogens is 4. The van der Waals surface area contributed by atoms with Crippen molar-refractivity contribution in [2.45, 2.75) is 13.3 Å². The van der Waals surface area contributed by atoms with Crippen LogP contribution in [0.25, 0.3) is 11.3 Å². The maximum atomic E-state index is 8.80. The molecule has 0 aliphatic heterocycles. The number of aryl methyl sites for hydroxylation is 1. The Kier molecular flexibility index (Phi) is 6.04. The number of hydrogen-bond acceptors (Lipinski definition) is 8. The van der Waals surface area contributed by atoms with Gasteiger partial charge in [0.2, 0.25) is 0 Å². The Hall–Kier alpha value is -3.64. The summed E-state index contributed by atoms with van der Waals surface area (Å²) in [5, 5.41) is 19.1. The number of nitriles is 1. The zero-order valence-electron chi connectivity index (χ0n) is 15.7. The summed E-state index contributed by atoms with van der Waals surface area (Å²) in [7, 11) is 1.61. The van der Waals surface area contributed by atoms with Gasteiger partial charge in [0.15, 0.2) is 11.5 Å². The number of ether oxygens (including phenoxy) is 2. The molecule has 0 amide bonds. The first-order valence-corrected chi connectivity index (χ1v) is 8.71. The van der Waals surface area contributed by atoms with E-state index in [9.17, 15) is 0 Å². The lowest BCUT2D eigenvalue weighted by Gasteiger charge is -2.15. The van der Waals surface area contributed by atoms with E-state index in [2.05, 4.69) is 25.5 Å². The third-order valence-corrected chi connectivity index (χ3v) is 3.91. The predicted molar refractivity (Wildman–Crippen MR) is 105 cm³/mol. The number of benzene rings is 1. The van der Waals surface area contributed by atoms with Gasteiger partial charge in [0.05, 0.1) is 37.4 Å². The number of aromatic amines is 1. The van der Waals surface area contributed by atoms with Crippen LogP contribution in [-0.4, -0.2) is 40.4 Å². The van der Waals surface area contributed by atoms with Crippen molar-refractivity contribution in [3.05, 3.63) is 41.9 Å². The molecule has 9 heteroatoms. The van der Waals surface area contributed by atoms with E-state index in [4.69, 9.17) is 20.5 Å². The second-order valence-electron chi connectivity index (χ2n) is 6.02. The molecule has 0 bridgehead atoms. The van der Waals surface area contributed by atoms with E-state index in [0.29, 0.717) is 36.3 Å². The second kappa shape index (κ2) is 8.83. The summed E-state index contributed by atoms with van der Waals surface area (Å²) in [4.78, 5) is 8.11. The minimum absolute atomic E-state index is 0.247. The Morgan fingerprint density at radius 3 is 2.68 bits per heavy atom. The van der Waals surface area contributed by atoms with Gasteiger partial charge in [-0.25, -0.2) is 9.97 Å². The largest absolute Gasteiger partial charge is 0.496 e. The van der Waals surface area contributed by atoms with E-state index >= 15 is 0 Å². The molecule has 0 aliphatic rings. The molecule has 0 atom stereocenters. The number of nitrogens with zero attached hydrogens (tertiary/aromatic N) is 4. The number of nitrogens with two attached hydrogens (primary N) is 1. The molecule has 9 nitrogen and oxygen atoms in total. The van der Waals surface area contributed by atoms with Crippen molar-refractivity contribution in [3.63, 3.8) is 0 Å². The van der Waals surface area contributed by atoms with Gasteiger partial charge in [0.1, 0.15) is 23.4 Å². The molecule has 0 saturated carbocycles. The average molecular weight is 379 g/mol. The summed E-state index contributed by atoms with van der Waals surface area (Å²) in [6.45, 7) is 3.05. The van der Waals surface area contributed by atoms with Gasteiger partial charge in [0.25, 0.3) is 0 Å². The van der Waals surface area contributed by atoms with Crippen LogP contribution in [0.4, 0.5) is 11.6 Å². The minimum Gasteiger partial charge on any atom is -0.496 e. The average Bonchev–Trinajstić information content (AvgIpc) is 3.16. The van der Waals surface area contributed by atoms with Gasteiger partial charge in [-0.3, -0.25) is 5.10 Å². The molecule has 0 aliphatic carbocycles. The molecule has 0 spiro atoms. The summed E-state index contributed by atoms with van der Waals surface area (Å²) in [6.07, 6.45) is 3.62. The molecule has 0 saturated heterocycles. The first-order valence-electron chi connectivity index (χ1n) is 8.71. The maximum Gasteiger partial charge on any atom is 0.158 e. The Bertz CT molecular complexity index is 977. The number of rotatable bonds is 8. The SMILES string of the molecule is COc1cc(C)cc(OCCCN)c1-c1cc(Nc2cnc(C#N)cn2)n[nH]1. The van der Waals surface area contributed by atoms with E-state index in [1.54, 1.807) is 7.11 Å². The molecule has 144 valence electrons. The lowest BCUT2D eigenvalue weighted by molar-refractivity contribution is 0.312. The fourth-order valence-corrected chi connectivity index (χ4v) is 2.62. The Balaban J connectivity index is 1.89. The molecule has 2 heterocycles. The van der Waals surface area contributed by atoms with Crippen LogP contribution in [0.15, 0.2) is 30.6 Å². The van der Waals surface area contributed by atoms with Crippen LogP contribution in [0.3, 0.4) is 0 Å². The van der Waals surface area contributed by atoms with E-state index in [-0.39, 0.29) is 5.69 Å². The number of hydrogen-bond donors (Lipinski definition) is 3. The van der Waals surface area contributed by atoms with Gasteiger partial charge in [-0.1, -0.05) is 0 Å². The third-order valence-electron chi connectivity index (χ3n) is 3.91. The van der Waals surface area contributed by atoms with Crippen molar-refractivity contribution in [2.24, 2.45) is 5.73 Å². The molecule has 0 radical (unpaired) electrons. The smallest absolute Gasteiger partial charge is 0.158 e. The molecule has 3 rings (SSSR count). The van der Waals surface area contributed by atoms with Crippen LogP contribution in [0.1, 0.15) is 17.7 Å². The molecular weight excluding hydrogens is 358 g/mol. The van der Waals surface area contributed by atoms with Crippen molar-refractivity contribution >= 4 is 11.6 Å². The topological polar surface area (TPSA) is 135 Å². The molecule has 4 N–H and O–H groups in total. The van der Waals surface area contributed by atoms with Crippen molar-refractivity contribution in [1.29, 1.82) is 5.26 Å². The first kappa shape index (κ1) is 19.1. The predicted octanol–water partition coefficient (Wildman–Crippen LogP) is 2.53. The summed E-state index contributed by atoms with van der Waals surface area (Å²) < 4.78 is 11.5. The molecule has 1 aromatic carbocycles. The molecular formula is C19H21N7O2. The van der Waals surface area contributed by atoms with Crippen LogP contribution < -0.4 is 20.5 Å².